The fourth-order valence-electron chi connectivity index (χ4n) is 2.29. The Morgan fingerprint density at radius 1 is 1.27 bits per heavy atom. The maximum absolute atomic E-state index is 3.47. The van der Waals surface area contributed by atoms with Crippen molar-refractivity contribution in [1.82, 2.24) is 5.32 Å². The van der Waals surface area contributed by atoms with Gasteiger partial charge in [-0.25, -0.2) is 0 Å². The molecule has 1 N–H and O–H groups in total. The minimum Gasteiger partial charge on any atom is -0.314 e. The van der Waals surface area contributed by atoms with Crippen LogP contribution in [0.1, 0.15) is 43.7 Å². The Hall–Kier alpha value is -0.820. The highest BCUT2D eigenvalue weighted by Gasteiger charge is 2.41. The minimum atomic E-state index is 0.422. The molecule has 82 valence electrons. The smallest absolute Gasteiger partial charge is 0.0220 e. The van der Waals surface area contributed by atoms with Gasteiger partial charge in [0.15, 0.2) is 0 Å². The molecule has 0 radical (unpaired) electrons. The molecule has 2 rings (SSSR count). The van der Waals surface area contributed by atoms with Crippen molar-refractivity contribution in [2.45, 2.75) is 44.6 Å². The molecule has 1 fully saturated rings. The predicted molar refractivity (Wildman–Crippen MR) is 65.3 cm³/mol. The van der Waals surface area contributed by atoms with Gasteiger partial charge in [0.1, 0.15) is 0 Å². The Labute approximate surface area is 92.9 Å². The molecule has 1 aromatic rings. The normalized spacial score (nSPS) is 18.1. The summed E-state index contributed by atoms with van der Waals surface area (Å²) in [6, 6.07) is 8.86. The Bertz CT molecular complexity index is 337. The third kappa shape index (κ3) is 2.23. The van der Waals surface area contributed by atoms with Crippen molar-refractivity contribution >= 4 is 0 Å². The molecule has 0 atom stereocenters. The van der Waals surface area contributed by atoms with E-state index in [9.17, 15) is 0 Å². The molecule has 0 saturated heterocycles. The van der Waals surface area contributed by atoms with Gasteiger partial charge < -0.3 is 5.32 Å². The fraction of sp³-hybridized carbons (Fsp3) is 0.571. The van der Waals surface area contributed by atoms with Gasteiger partial charge in [-0.2, -0.15) is 0 Å². The molecule has 0 heterocycles. The lowest BCUT2D eigenvalue weighted by atomic mass is 9.92. The number of rotatable bonds is 4. The number of hydrogen-bond acceptors (Lipinski definition) is 1. The van der Waals surface area contributed by atoms with Gasteiger partial charge in [-0.15, -0.1) is 0 Å². The SMILES string of the molecule is CNC1(Cc2ccccc2C(C)C)CC1. The standard InChI is InChI=1S/C14H21N/c1-11(2)13-7-5-4-6-12(13)10-14(15-3)8-9-14/h4-7,11,15H,8-10H2,1-3H3. The summed E-state index contributed by atoms with van der Waals surface area (Å²) in [7, 11) is 2.09. The Kier molecular flexibility index (Phi) is 2.83. The van der Waals surface area contributed by atoms with Crippen molar-refractivity contribution in [3.05, 3.63) is 35.4 Å². The summed E-state index contributed by atoms with van der Waals surface area (Å²) >= 11 is 0. The van der Waals surface area contributed by atoms with Crippen molar-refractivity contribution in [3.8, 4) is 0 Å². The molecule has 0 bridgehead atoms. The maximum Gasteiger partial charge on any atom is 0.0220 e. The highest BCUT2D eigenvalue weighted by molar-refractivity contribution is 5.32. The monoisotopic (exact) mass is 203 g/mol. The molecular weight excluding hydrogens is 182 g/mol. The van der Waals surface area contributed by atoms with E-state index in [0.29, 0.717) is 11.5 Å². The van der Waals surface area contributed by atoms with Crippen molar-refractivity contribution in [1.29, 1.82) is 0 Å². The Balaban J connectivity index is 2.20. The third-order valence-corrected chi connectivity index (χ3v) is 3.59. The van der Waals surface area contributed by atoms with Gasteiger partial charge in [0.05, 0.1) is 0 Å². The van der Waals surface area contributed by atoms with Crippen molar-refractivity contribution in [2.75, 3.05) is 7.05 Å². The molecule has 1 saturated carbocycles. The Morgan fingerprint density at radius 2 is 1.93 bits per heavy atom. The average Bonchev–Trinajstić information content (AvgIpc) is 2.99. The summed E-state index contributed by atoms with van der Waals surface area (Å²) < 4.78 is 0. The van der Waals surface area contributed by atoms with Gasteiger partial charge in [0.2, 0.25) is 0 Å². The lowest BCUT2D eigenvalue weighted by Crippen LogP contribution is -2.30. The maximum atomic E-state index is 3.47. The molecule has 1 heteroatoms. The van der Waals surface area contributed by atoms with Crippen LogP contribution in [-0.2, 0) is 6.42 Å². The van der Waals surface area contributed by atoms with Gasteiger partial charge in [0, 0.05) is 5.54 Å². The van der Waals surface area contributed by atoms with E-state index >= 15 is 0 Å². The van der Waals surface area contributed by atoms with E-state index in [2.05, 4.69) is 50.5 Å². The summed E-state index contributed by atoms with van der Waals surface area (Å²) in [5, 5.41) is 3.47. The topological polar surface area (TPSA) is 12.0 Å². The minimum absolute atomic E-state index is 0.422. The molecule has 1 nitrogen and oxygen atoms in total. The first-order valence-electron chi connectivity index (χ1n) is 5.93. The van der Waals surface area contributed by atoms with E-state index in [4.69, 9.17) is 0 Å². The lowest BCUT2D eigenvalue weighted by Gasteiger charge is -2.18. The summed E-state index contributed by atoms with van der Waals surface area (Å²) in [6.07, 6.45) is 3.85. The quantitative estimate of drug-likeness (QED) is 0.793. The van der Waals surface area contributed by atoms with Crippen LogP contribution in [0.2, 0.25) is 0 Å². The molecule has 0 aliphatic heterocycles. The van der Waals surface area contributed by atoms with E-state index in [-0.39, 0.29) is 0 Å². The second-order valence-corrected chi connectivity index (χ2v) is 5.06. The van der Waals surface area contributed by atoms with Gasteiger partial charge in [-0.3, -0.25) is 0 Å². The van der Waals surface area contributed by atoms with Crippen molar-refractivity contribution in [2.24, 2.45) is 0 Å². The van der Waals surface area contributed by atoms with Crippen LogP contribution in [0.5, 0.6) is 0 Å². The Morgan fingerprint density at radius 3 is 2.47 bits per heavy atom. The van der Waals surface area contributed by atoms with E-state index in [1.807, 2.05) is 0 Å². The van der Waals surface area contributed by atoms with Crippen LogP contribution in [0.15, 0.2) is 24.3 Å². The van der Waals surface area contributed by atoms with Gasteiger partial charge in [-0.05, 0) is 43.4 Å². The molecule has 1 aromatic carbocycles. The van der Waals surface area contributed by atoms with Gasteiger partial charge >= 0.3 is 0 Å². The van der Waals surface area contributed by atoms with Crippen LogP contribution in [-0.4, -0.2) is 12.6 Å². The molecule has 15 heavy (non-hydrogen) atoms. The largest absolute Gasteiger partial charge is 0.314 e. The second kappa shape index (κ2) is 3.97. The van der Waals surface area contributed by atoms with Crippen molar-refractivity contribution < 1.29 is 0 Å². The summed E-state index contributed by atoms with van der Waals surface area (Å²) in [5.41, 5.74) is 3.46. The summed E-state index contributed by atoms with van der Waals surface area (Å²) in [4.78, 5) is 0. The molecular formula is C14H21N. The van der Waals surface area contributed by atoms with Crippen LogP contribution in [0.4, 0.5) is 0 Å². The highest BCUT2D eigenvalue weighted by atomic mass is 15.0. The second-order valence-electron chi connectivity index (χ2n) is 5.06. The first-order chi connectivity index (χ1) is 7.17. The van der Waals surface area contributed by atoms with E-state index in [1.54, 1.807) is 0 Å². The van der Waals surface area contributed by atoms with Crippen molar-refractivity contribution in [3.63, 3.8) is 0 Å². The number of benzene rings is 1. The lowest BCUT2D eigenvalue weighted by molar-refractivity contribution is 0.545. The van der Waals surface area contributed by atoms with E-state index < -0.39 is 0 Å². The van der Waals surface area contributed by atoms with Crippen LogP contribution in [0.3, 0.4) is 0 Å². The first kappa shape index (κ1) is 10.7. The van der Waals surface area contributed by atoms with Crippen LogP contribution in [0, 0.1) is 0 Å². The molecule has 0 aromatic heterocycles. The van der Waals surface area contributed by atoms with E-state index in [0.717, 1.165) is 0 Å². The van der Waals surface area contributed by atoms with Gasteiger partial charge in [0.25, 0.3) is 0 Å². The summed E-state index contributed by atoms with van der Waals surface area (Å²) in [6.45, 7) is 4.55. The molecule has 0 amide bonds. The highest BCUT2D eigenvalue weighted by Crippen LogP contribution is 2.39. The predicted octanol–water partition coefficient (Wildman–Crippen LogP) is 3.10. The third-order valence-electron chi connectivity index (χ3n) is 3.59. The van der Waals surface area contributed by atoms with Crippen LogP contribution >= 0.6 is 0 Å². The molecule has 0 spiro atoms. The van der Waals surface area contributed by atoms with Gasteiger partial charge in [-0.1, -0.05) is 38.1 Å². The zero-order chi connectivity index (χ0) is 10.9. The fourth-order valence-corrected chi connectivity index (χ4v) is 2.29. The van der Waals surface area contributed by atoms with E-state index in [1.165, 1.54) is 30.4 Å². The number of hydrogen-bond donors (Lipinski definition) is 1. The summed E-state index contributed by atoms with van der Waals surface area (Å²) in [5.74, 6) is 0.633. The molecule has 1 aliphatic rings. The zero-order valence-electron chi connectivity index (χ0n) is 10.0. The number of nitrogens with one attached hydrogen (secondary N) is 1. The molecule has 0 unspecified atom stereocenters. The molecule has 1 aliphatic carbocycles. The average molecular weight is 203 g/mol. The van der Waals surface area contributed by atoms with Crippen LogP contribution in [0.25, 0.3) is 0 Å². The first-order valence-corrected chi connectivity index (χ1v) is 5.93. The number of likely N-dealkylation sites (N-methyl/N-ethyl adjacent to an activating group) is 1. The zero-order valence-corrected chi connectivity index (χ0v) is 10.0. The van der Waals surface area contributed by atoms with Crippen LogP contribution < -0.4 is 5.32 Å².